The van der Waals surface area contributed by atoms with Crippen LogP contribution in [0, 0.1) is 0 Å². The summed E-state index contributed by atoms with van der Waals surface area (Å²) in [7, 11) is -7.13. The van der Waals surface area contributed by atoms with Crippen molar-refractivity contribution in [2.45, 2.75) is 36.2 Å². The van der Waals surface area contributed by atoms with Gasteiger partial charge >= 0.3 is 4.87 Å². The molecule has 7 nitrogen and oxygen atoms in total. The van der Waals surface area contributed by atoms with E-state index in [1.807, 2.05) is 6.92 Å². The van der Waals surface area contributed by atoms with Crippen LogP contribution in [-0.4, -0.2) is 27.7 Å². The molecular formula is C18H20N2O5S3. The number of thiazole rings is 1. The normalized spacial score (nSPS) is 13.7. The van der Waals surface area contributed by atoms with Gasteiger partial charge in [-0.3, -0.25) is 9.36 Å². The Bertz CT molecular complexity index is 1290. The fourth-order valence-electron chi connectivity index (χ4n) is 2.89. The van der Waals surface area contributed by atoms with Crippen LogP contribution in [0.1, 0.15) is 25.5 Å². The molecule has 1 aromatic heterocycles. The van der Waals surface area contributed by atoms with Crippen LogP contribution in [0.15, 0.2) is 57.1 Å². The summed E-state index contributed by atoms with van der Waals surface area (Å²) >= 11 is 1.01. The molecule has 28 heavy (non-hydrogen) atoms. The van der Waals surface area contributed by atoms with Crippen LogP contribution in [0.3, 0.4) is 0 Å². The number of rotatable bonds is 6. The van der Waals surface area contributed by atoms with Crippen LogP contribution in [0.5, 0.6) is 0 Å². The Morgan fingerprint density at radius 2 is 1.64 bits per heavy atom. The smallest absolute Gasteiger partial charge is 0.299 e. The number of aryl methyl sites for hydroxylation is 1. The van der Waals surface area contributed by atoms with Gasteiger partial charge in [-0.05, 0) is 49.7 Å². The molecule has 0 saturated carbocycles. The summed E-state index contributed by atoms with van der Waals surface area (Å²) in [5, 5.41) is 0. The standard InChI is InChI=1S/C18H20N2O5S3/c1-4-20-16-10-9-15(11-17(16)26-18(20)21)28(24,25)19-12(2)13-5-7-14(8-6-13)27(3,22)23/h5-12,19H,4H2,1-3H3. The van der Waals surface area contributed by atoms with Crippen molar-refractivity contribution in [2.24, 2.45) is 0 Å². The van der Waals surface area contributed by atoms with Crippen molar-refractivity contribution in [3.63, 3.8) is 0 Å². The number of fused-ring (bicyclic) bond motifs is 1. The Morgan fingerprint density at radius 1 is 1.04 bits per heavy atom. The number of hydrogen-bond donors (Lipinski definition) is 1. The van der Waals surface area contributed by atoms with Crippen molar-refractivity contribution in [2.75, 3.05) is 6.26 Å². The number of benzene rings is 2. The van der Waals surface area contributed by atoms with E-state index in [0.29, 0.717) is 22.3 Å². The molecule has 0 fully saturated rings. The first-order chi connectivity index (χ1) is 13.0. The van der Waals surface area contributed by atoms with E-state index in [1.54, 1.807) is 29.7 Å². The predicted molar refractivity (Wildman–Crippen MR) is 110 cm³/mol. The number of sulfonamides is 1. The lowest BCUT2D eigenvalue weighted by molar-refractivity contribution is 0.566. The topological polar surface area (TPSA) is 102 Å². The van der Waals surface area contributed by atoms with Gasteiger partial charge in [-0.25, -0.2) is 21.6 Å². The van der Waals surface area contributed by atoms with Gasteiger partial charge in [0.2, 0.25) is 10.0 Å². The molecule has 1 N–H and O–H groups in total. The van der Waals surface area contributed by atoms with Gasteiger partial charge < -0.3 is 0 Å². The third kappa shape index (κ3) is 4.04. The van der Waals surface area contributed by atoms with Gasteiger partial charge in [0.15, 0.2) is 9.84 Å². The Balaban J connectivity index is 1.89. The molecule has 0 spiro atoms. The summed E-state index contributed by atoms with van der Waals surface area (Å²) in [5.41, 5.74) is 1.35. The second-order valence-corrected chi connectivity index (χ2v) is 11.1. The number of sulfone groups is 1. The largest absolute Gasteiger partial charge is 0.308 e. The van der Waals surface area contributed by atoms with Gasteiger partial charge in [0, 0.05) is 18.8 Å². The molecule has 0 aliphatic rings. The molecular weight excluding hydrogens is 420 g/mol. The van der Waals surface area contributed by atoms with Crippen LogP contribution >= 0.6 is 11.3 Å². The van der Waals surface area contributed by atoms with Crippen molar-refractivity contribution < 1.29 is 16.8 Å². The van der Waals surface area contributed by atoms with Gasteiger partial charge in [0.05, 0.1) is 20.0 Å². The van der Waals surface area contributed by atoms with Crippen molar-refractivity contribution in [3.05, 3.63) is 57.7 Å². The van der Waals surface area contributed by atoms with Gasteiger partial charge in [-0.1, -0.05) is 23.5 Å². The fraction of sp³-hybridized carbons (Fsp3) is 0.278. The lowest BCUT2D eigenvalue weighted by Gasteiger charge is -2.15. The van der Waals surface area contributed by atoms with Crippen LogP contribution in [0.4, 0.5) is 0 Å². The van der Waals surface area contributed by atoms with Gasteiger partial charge in [0.25, 0.3) is 0 Å². The van der Waals surface area contributed by atoms with E-state index in [0.717, 1.165) is 17.6 Å². The first-order valence-corrected chi connectivity index (χ1v) is 12.7. The Hall–Kier alpha value is -2.01. The summed E-state index contributed by atoms with van der Waals surface area (Å²) in [6.45, 7) is 4.05. The van der Waals surface area contributed by atoms with E-state index >= 15 is 0 Å². The van der Waals surface area contributed by atoms with Gasteiger partial charge in [-0.2, -0.15) is 0 Å². The summed E-state index contributed by atoms with van der Waals surface area (Å²) in [4.78, 5) is 12.1. The molecule has 0 radical (unpaired) electrons. The Labute approximate surface area is 167 Å². The molecule has 0 saturated heterocycles. The highest BCUT2D eigenvalue weighted by molar-refractivity contribution is 7.90. The van der Waals surface area contributed by atoms with Gasteiger partial charge in [-0.15, -0.1) is 0 Å². The van der Waals surface area contributed by atoms with Crippen LogP contribution in [-0.2, 0) is 26.4 Å². The Kier molecular flexibility index (Phi) is 5.50. The van der Waals surface area contributed by atoms with Gasteiger partial charge in [0.1, 0.15) is 0 Å². The molecule has 3 rings (SSSR count). The van der Waals surface area contributed by atoms with E-state index in [2.05, 4.69) is 4.72 Å². The predicted octanol–water partition coefficient (Wildman–Crippen LogP) is 2.53. The van der Waals surface area contributed by atoms with Crippen molar-refractivity contribution in [3.8, 4) is 0 Å². The molecule has 0 aliphatic heterocycles. The molecule has 3 aromatic rings. The number of hydrogen-bond acceptors (Lipinski definition) is 6. The maximum Gasteiger partial charge on any atom is 0.308 e. The summed E-state index contributed by atoms with van der Waals surface area (Å²) in [5.74, 6) is 0. The summed E-state index contributed by atoms with van der Waals surface area (Å²) < 4.78 is 53.4. The fourth-order valence-corrected chi connectivity index (χ4v) is 5.84. The maximum absolute atomic E-state index is 12.8. The van der Waals surface area contributed by atoms with Crippen molar-refractivity contribution in [1.29, 1.82) is 0 Å². The van der Waals surface area contributed by atoms with Crippen LogP contribution < -0.4 is 9.60 Å². The van der Waals surface area contributed by atoms with Crippen molar-refractivity contribution >= 4 is 41.4 Å². The molecule has 1 unspecified atom stereocenters. The SMILES string of the molecule is CCn1c(=O)sc2cc(S(=O)(=O)NC(C)c3ccc(S(C)(=O)=O)cc3)ccc21. The molecule has 0 bridgehead atoms. The highest BCUT2D eigenvalue weighted by Gasteiger charge is 2.20. The first kappa shape index (κ1) is 20.7. The van der Waals surface area contributed by atoms with Crippen LogP contribution in [0.25, 0.3) is 10.2 Å². The van der Waals surface area contributed by atoms with Crippen molar-refractivity contribution in [1.82, 2.24) is 9.29 Å². The average molecular weight is 441 g/mol. The minimum Gasteiger partial charge on any atom is -0.299 e. The highest BCUT2D eigenvalue weighted by atomic mass is 32.2. The second kappa shape index (κ2) is 7.43. The van der Waals surface area contributed by atoms with E-state index in [-0.39, 0.29) is 14.7 Å². The molecule has 2 aromatic carbocycles. The lowest BCUT2D eigenvalue weighted by Crippen LogP contribution is -2.26. The molecule has 0 amide bonds. The second-order valence-electron chi connectivity index (χ2n) is 6.43. The number of nitrogens with zero attached hydrogens (tertiary/aromatic N) is 1. The zero-order valence-electron chi connectivity index (χ0n) is 15.5. The minimum absolute atomic E-state index is 0.0732. The zero-order chi connectivity index (χ0) is 20.7. The molecule has 150 valence electrons. The quantitative estimate of drug-likeness (QED) is 0.635. The van der Waals surface area contributed by atoms with E-state index < -0.39 is 25.9 Å². The highest BCUT2D eigenvalue weighted by Crippen LogP contribution is 2.24. The monoisotopic (exact) mass is 440 g/mol. The third-order valence-electron chi connectivity index (χ3n) is 4.41. The van der Waals surface area contributed by atoms with Crippen LogP contribution in [0.2, 0.25) is 0 Å². The molecule has 1 atom stereocenters. The average Bonchev–Trinajstić information content (AvgIpc) is 2.94. The third-order valence-corrected chi connectivity index (χ3v) is 8.02. The first-order valence-electron chi connectivity index (χ1n) is 8.48. The van der Waals surface area contributed by atoms with E-state index in [1.165, 1.54) is 24.3 Å². The van der Waals surface area contributed by atoms with E-state index in [9.17, 15) is 21.6 Å². The zero-order valence-corrected chi connectivity index (χ0v) is 18.0. The number of aromatic nitrogens is 1. The summed E-state index contributed by atoms with van der Waals surface area (Å²) in [6.07, 6.45) is 1.12. The molecule has 1 heterocycles. The van der Waals surface area contributed by atoms with E-state index in [4.69, 9.17) is 0 Å². The lowest BCUT2D eigenvalue weighted by atomic mass is 10.1. The molecule has 10 heteroatoms. The maximum atomic E-state index is 12.8. The Morgan fingerprint density at radius 3 is 2.21 bits per heavy atom. The number of nitrogens with one attached hydrogen (secondary N) is 1. The molecule has 0 aliphatic carbocycles. The minimum atomic E-state index is -3.82. The summed E-state index contributed by atoms with van der Waals surface area (Å²) in [6, 6.07) is 10.1.